The second-order valence-corrected chi connectivity index (χ2v) is 41.5. The molecule has 656 valence electrons. The first-order valence-corrected chi connectivity index (χ1v) is 46.5. The van der Waals surface area contributed by atoms with E-state index in [2.05, 4.69) is 310 Å². The van der Waals surface area contributed by atoms with E-state index in [4.69, 9.17) is 29.1 Å². The van der Waals surface area contributed by atoms with E-state index in [0.29, 0.717) is 44.5 Å². The number of furan rings is 1. The van der Waals surface area contributed by atoms with E-state index in [0.717, 1.165) is 58.6 Å². The summed E-state index contributed by atoms with van der Waals surface area (Å²) in [6.45, 7) is 42.7. The Morgan fingerprint density at radius 2 is 0.534 bits per heavy atom. The van der Waals surface area contributed by atoms with Crippen molar-refractivity contribution in [1.29, 1.82) is 0 Å². The van der Waals surface area contributed by atoms with Gasteiger partial charge in [0.25, 0.3) is 0 Å². The van der Waals surface area contributed by atoms with Gasteiger partial charge in [0.05, 0.1) is 24.7 Å². The van der Waals surface area contributed by atoms with Gasteiger partial charge in [0.2, 0.25) is 0 Å². The van der Waals surface area contributed by atoms with E-state index < -0.39 is 0 Å². The minimum atomic E-state index is -0.364. The van der Waals surface area contributed by atoms with Crippen LogP contribution in [0.5, 0.6) is 0 Å². The van der Waals surface area contributed by atoms with Crippen LogP contribution in [0.15, 0.2) is 404 Å². The largest absolute Gasteiger partial charge is 0.456 e. The zero-order valence-electron chi connectivity index (χ0n) is 96.9. The predicted octanol–water partition coefficient (Wildman–Crippen LogP) is 38.5. The molecule has 131 heavy (non-hydrogen) atoms. The fourth-order valence-electron chi connectivity index (χ4n) is 17.0. The Morgan fingerprint density at radius 3 is 1.02 bits per heavy atom. The van der Waals surface area contributed by atoms with E-state index in [1.54, 1.807) is 36.5 Å². The number of hydrogen-bond donors (Lipinski definition) is 0. The van der Waals surface area contributed by atoms with Crippen molar-refractivity contribution in [3.8, 4) is 89.0 Å². The summed E-state index contributed by atoms with van der Waals surface area (Å²) in [5, 5.41) is 6.26. The lowest BCUT2D eigenvalue weighted by molar-refractivity contribution is 0.591. The highest BCUT2D eigenvalue weighted by atomic mass is 32.1. The Labute approximate surface area is 813 Å². The Morgan fingerprint density at radius 1 is 0.214 bits per heavy atom. The van der Waals surface area contributed by atoms with Gasteiger partial charge in [-0.05, 0) is 211 Å². The van der Waals surface area contributed by atoms with E-state index >= 15 is 0 Å². The Hall–Kier alpha value is -13.0. The third-order valence-corrected chi connectivity index (χ3v) is 25.7. The van der Waals surface area contributed by atoms with Crippen molar-refractivity contribution in [2.45, 2.75) is 171 Å². The summed E-state index contributed by atoms with van der Waals surface area (Å²) in [6, 6.07) is 97.1. The molecule has 0 atom stereocenters. The molecule has 0 fully saturated rings. The smallest absolute Gasteiger partial charge is 0.136 e. The molecule has 0 spiro atoms. The average Bonchev–Trinajstić information content (AvgIpc) is 1.58. The molecule has 0 amide bonds. The second kappa shape index (κ2) is 39.3. The van der Waals surface area contributed by atoms with Gasteiger partial charge in [0.15, 0.2) is 0 Å². The van der Waals surface area contributed by atoms with Gasteiger partial charge >= 0.3 is 0 Å². The minimum Gasteiger partial charge on any atom is -0.456 e. The molecule has 3 aromatic heterocycles. The summed E-state index contributed by atoms with van der Waals surface area (Å²) < 4.78 is 157. The van der Waals surface area contributed by atoms with Gasteiger partial charge in [-0.1, -0.05) is 493 Å². The molecule has 1 nitrogen and oxygen atoms in total. The lowest BCUT2D eigenvalue weighted by atomic mass is 9.81. The number of thiophene rings is 2. The molecule has 0 saturated carbocycles. The van der Waals surface area contributed by atoms with Crippen molar-refractivity contribution in [2.24, 2.45) is 0 Å². The Bertz CT molecular complexity index is 8110. The van der Waals surface area contributed by atoms with Gasteiger partial charge in [-0.15, -0.1) is 22.7 Å². The van der Waals surface area contributed by atoms with Crippen LogP contribution in [-0.4, -0.2) is 0 Å². The molecule has 0 radical (unpaired) electrons. The molecule has 17 aromatic carbocycles. The molecule has 0 bridgehead atoms. The summed E-state index contributed by atoms with van der Waals surface area (Å²) in [4.78, 5) is 0. The van der Waals surface area contributed by atoms with Crippen molar-refractivity contribution in [3.63, 3.8) is 0 Å². The standard InChI is InChI=1S/C28H26.C23H22O.C23H22S.C22H20S.2C16H18/c1-28(2,3)27-17-11-10-16-26(27)25-19-23(21-12-6-4-7-13-21)18-24(20-25)22-14-8-5-9-15-22;2*1-15-8-5-9-16(14-15)17-10-6-12-19-21(17)22-18(23(2,3)4)11-7-13-20(22)24-19;1-22(2,3)19-14-8-13-18-17-12-7-11-16(20(17)23-21(18)19)15-9-5-4-6-10-15;2*1-16(2,3)15-12-8-7-11-14(15)13-9-5-4-6-10-13/h4-20H,1-3H3;2*5-14H,1-4H3;4-14H,1-3H3;2*4-12H,1-3H3/i;2*5D,8D,9D,14D;2*4D,5D,6D,9D,10D;. The maximum Gasteiger partial charge on any atom is 0.136 e. The van der Waals surface area contributed by atoms with Crippen LogP contribution in [0.1, 0.15) is 194 Å². The third-order valence-electron chi connectivity index (χ3n) is 23.3. The molecule has 3 heterocycles. The fourth-order valence-corrected chi connectivity index (χ4v) is 19.8. The summed E-state index contributed by atoms with van der Waals surface area (Å²) in [5.41, 5.74) is 24.1. The van der Waals surface area contributed by atoms with E-state index in [-0.39, 0.29) is 152 Å². The number of rotatable bonds is 8. The van der Waals surface area contributed by atoms with Gasteiger partial charge in [0.1, 0.15) is 11.2 Å². The lowest BCUT2D eigenvalue weighted by Crippen LogP contribution is -2.12. The Kier molecular flexibility index (Phi) is 21.6. The van der Waals surface area contributed by atoms with E-state index in [1.165, 1.54) is 81.5 Å². The molecular weight excluding hydrogens is 1620 g/mol. The summed E-state index contributed by atoms with van der Waals surface area (Å²) in [7, 11) is 0. The van der Waals surface area contributed by atoms with Crippen molar-refractivity contribution >= 4 is 85.0 Å². The predicted molar refractivity (Wildman–Crippen MR) is 577 cm³/mol. The quantitative estimate of drug-likeness (QED) is 0.148. The maximum atomic E-state index is 8.60. The average molecular weight is 1760 g/mol. The summed E-state index contributed by atoms with van der Waals surface area (Å²) in [5.74, 6) is 0. The molecular formula is C128H126OS2. The second-order valence-electron chi connectivity index (χ2n) is 39.4. The third kappa shape index (κ3) is 21.5. The van der Waals surface area contributed by atoms with Crippen LogP contribution in [0, 0.1) is 13.8 Å². The summed E-state index contributed by atoms with van der Waals surface area (Å²) in [6.07, 6.45) is 0. The van der Waals surface area contributed by atoms with Gasteiger partial charge in [0, 0.05) is 51.1 Å². The maximum absolute atomic E-state index is 8.60. The van der Waals surface area contributed by atoms with Crippen LogP contribution < -0.4 is 0 Å². The van der Waals surface area contributed by atoms with Crippen LogP contribution in [0.25, 0.3) is 151 Å². The topological polar surface area (TPSA) is 13.1 Å². The molecule has 3 heteroatoms. The van der Waals surface area contributed by atoms with Gasteiger partial charge in [-0.25, -0.2) is 0 Å². The molecule has 20 aromatic rings. The molecule has 0 saturated heterocycles. The van der Waals surface area contributed by atoms with Crippen molar-refractivity contribution in [1.82, 2.24) is 0 Å². The fraction of sp³-hybridized carbons (Fsp3) is 0.203. The lowest BCUT2D eigenvalue weighted by Gasteiger charge is -2.23. The van der Waals surface area contributed by atoms with Crippen LogP contribution in [-0.2, 0) is 32.5 Å². The van der Waals surface area contributed by atoms with Gasteiger partial charge in [-0.3, -0.25) is 0 Å². The van der Waals surface area contributed by atoms with Crippen molar-refractivity contribution in [3.05, 3.63) is 444 Å². The highest BCUT2D eigenvalue weighted by Crippen LogP contribution is 2.49. The van der Waals surface area contributed by atoms with Crippen LogP contribution in [0.3, 0.4) is 0 Å². The normalized spacial score (nSPS) is 13.7. The van der Waals surface area contributed by atoms with Gasteiger partial charge in [-0.2, -0.15) is 0 Å². The first-order valence-electron chi connectivity index (χ1n) is 53.9. The number of benzene rings is 17. The molecule has 0 N–H and O–H groups in total. The molecule has 0 aliphatic rings. The molecule has 20 rings (SSSR count). The zero-order valence-corrected chi connectivity index (χ0v) is 80.6. The van der Waals surface area contributed by atoms with Crippen LogP contribution in [0.4, 0.5) is 0 Å². The van der Waals surface area contributed by atoms with Crippen molar-refractivity contribution < 1.29 is 29.1 Å². The highest BCUT2D eigenvalue weighted by molar-refractivity contribution is 7.26. The number of hydrogen-bond acceptors (Lipinski definition) is 3. The minimum absolute atomic E-state index is 0.0166. The first-order chi connectivity index (χ1) is 70.1. The van der Waals surface area contributed by atoms with Crippen LogP contribution >= 0.6 is 22.7 Å². The zero-order chi connectivity index (χ0) is 108. The monoisotopic (exact) mass is 1760 g/mol. The molecule has 0 aliphatic carbocycles. The SMILES string of the molecule is CC(C)(C)c1ccccc1-c1cc(-c2ccccc2)cc(-c2ccccc2)c1.CC(C)(C)c1ccccc1-c1ccccc1.[2H]c1c([2H])c(C)c([2H])c(-c2cccc3oc4cccc(C(C)(C)C)c4c23)c1[2H].[2H]c1c([2H])c(C)c([2H])c(-c2cccc3sc4cccc(C(C)(C)C)c4c23)c1[2H].[2H]c1c([2H])c([2H])c(-c2cccc3c2sc2c(C(C)(C)C)cccc23)c([2H])c1[2H].[2H]c1c([2H])c([2H])c(-c2ccccc2C(C)(C)C)c([2H])c1[2H]. The van der Waals surface area contributed by atoms with Gasteiger partial charge < -0.3 is 4.42 Å². The van der Waals surface area contributed by atoms with E-state index in [9.17, 15) is 0 Å². The van der Waals surface area contributed by atoms with Crippen LogP contribution in [0.2, 0.25) is 0 Å². The highest BCUT2D eigenvalue weighted by Gasteiger charge is 2.27. The van der Waals surface area contributed by atoms with E-state index in [1.807, 2.05) is 106 Å². The Balaban J connectivity index is 0.000000135. The first kappa shape index (κ1) is 71.8. The molecule has 0 aliphatic heterocycles. The summed E-state index contributed by atoms with van der Waals surface area (Å²) >= 11 is 3.35. The molecule has 0 unspecified atom stereocenters. The van der Waals surface area contributed by atoms with Crippen molar-refractivity contribution in [2.75, 3.05) is 0 Å². The number of fused-ring (bicyclic) bond motifs is 9.